The van der Waals surface area contributed by atoms with Crippen LogP contribution in [0.5, 0.6) is 5.75 Å². The predicted molar refractivity (Wildman–Crippen MR) is 81.2 cm³/mol. The van der Waals surface area contributed by atoms with Crippen molar-refractivity contribution in [1.29, 1.82) is 10.5 Å². The SMILES string of the molecule is Cc1cc(OCc2ccccc2)ccc1C=C(C#N)C#N. The Morgan fingerprint density at radius 1 is 1.10 bits per heavy atom. The van der Waals surface area contributed by atoms with E-state index in [9.17, 15) is 0 Å². The van der Waals surface area contributed by atoms with Gasteiger partial charge in [-0.3, -0.25) is 0 Å². The van der Waals surface area contributed by atoms with Crippen molar-refractivity contribution in [2.24, 2.45) is 0 Å². The summed E-state index contributed by atoms with van der Waals surface area (Å²) in [7, 11) is 0. The number of hydrogen-bond donors (Lipinski definition) is 0. The predicted octanol–water partition coefficient (Wildman–Crippen LogP) is 4.00. The summed E-state index contributed by atoms with van der Waals surface area (Å²) < 4.78 is 5.73. The van der Waals surface area contributed by atoms with Crippen LogP contribution in [0.1, 0.15) is 16.7 Å². The number of allylic oxidation sites excluding steroid dienone is 1. The van der Waals surface area contributed by atoms with Gasteiger partial charge < -0.3 is 4.74 Å². The van der Waals surface area contributed by atoms with Crippen LogP contribution in [0.25, 0.3) is 6.08 Å². The van der Waals surface area contributed by atoms with Crippen LogP contribution in [-0.4, -0.2) is 0 Å². The average Bonchev–Trinajstić information content (AvgIpc) is 2.53. The zero-order valence-electron chi connectivity index (χ0n) is 11.7. The standard InChI is InChI=1S/C18H14N2O/c1-14-9-18(21-13-15-5-3-2-4-6-15)8-7-17(14)10-16(11-19)12-20/h2-10H,13H2,1H3. The molecule has 0 bridgehead atoms. The van der Waals surface area contributed by atoms with E-state index in [0.29, 0.717) is 6.61 Å². The quantitative estimate of drug-likeness (QED) is 0.792. The minimum Gasteiger partial charge on any atom is -0.489 e. The van der Waals surface area contributed by atoms with Gasteiger partial charge in [-0.25, -0.2) is 0 Å². The van der Waals surface area contributed by atoms with Gasteiger partial charge in [-0.2, -0.15) is 10.5 Å². The second kappa shape index (κ2) is 6.93. The van der Waals surface area contributed by atoms with E-state index in [4.69, 9.17) is 15.3 Å². The highest BCUT2D eigenvalue weighted by Gasteiger charge is 2.01. The molecule has 0 atom stereocenters. The summed E-state index contributed by atoms with van der Waals surface area (Å²) in [6.07, 6.45) is 1.58. The Labute approximate surface area is 124 Å². The van der Waals surface area contributed by atoms with Gasteiger partial charge in [0.1, 0.15) is 30.1 Å². The molecule has 2 aromatic rings. The highest BCUT2D eigenvalue weighted by atomic mass is 16.5. The van der Waals surface area contributed by atoms with Crippen molar-refractivity contribution >= 4 is 6.08 Å². The van der Waals surface area contributed by atoms with E-state index in [0.717, 1.165) is 22.4 Å². The second-order valence-electron chi connectivity index (χ2n) is 4.57. The fourth-order valence-corrected chi connectivity index (χ4v) is 1.89. The van der Waals surface area contributed by atoms with Gasteiger partial charge in [-0.05, 0) is 41.8 Å². The Balaban J connectivity index is 2.11. The van der Waals surface area contributed by atoms with Crippen molar-refractivity contribution < 1.29 is 4.74 Å². The van der Waals surface area contributed by atoms with Crippen LogP contribution in [-0.2, 0) is 6.61 Å². The van der Waals surface area contributed by atoms with E-state index >= 15 is 0 Å². The van der Waals surface area contributed by atoms with Crippen molar-refractivity contribution in [2.75, 3.05) is 0 Å². The van der Waals surface area contributed by atoms with Crippen molar-refractivity contribution in [3.8, 4) is 17.9 Å². The molecule has 102 valence electrons. The smallest absolute Gasteiger partial charge is 0.130 e. The first-order valence-corrected chi connectivity index (χ1v) is 6.52. The summed E-state index contributed by atoms with van der Waals surface area (Å²) in [6, 6.07) is 19.3. The molecule has 0 aliphatic carbocycles. The summed E-state index contributed by atoms with van der Waals surface area (Å²) in [4.78, 5) is 0. The summed E-state index contributed by atoms with van der Waals surface area (Å²) in [5.41, 5.74) is 3.01. The fraction of sp³-hybridized carbons (Fsp3) is 0.111. The maximum absolute atomic E-state index is 8.78. The number of nitrogens with zero attached hydrogens (tertiary/aromatic N) is 2. The van der Waals surface area contributed by atoms with Gasteiger partial charge in [-0.1, -0.05) is 36.4 Å². The summed E-state index contributed by atoms with van der Waals surface area (Å²) in [5.74, 6) is 0.768. The molecule has 0 amide bonds. The molecule has 3 heteroatoms. The largest absolute Gasteiger partial charge is 0.489 e. The topological polar surface area (TPSA) is 56.8 Å². The van der Waals surface area contributed by atoms with Crippen LogP contribution in [0, 0.1) is 29.6 Å². The highest BCUT2D eigenvalue weighted by Crippen LogP contribution is 2.20. The minimum absolute atomic E-state index is 0.0936. The molecule has 2 aromatic carbocycles. The van der Waals surface area contributed by atoms with Crippen LogP contribution in [0.4, 0.5) is 0 Å². The lowest BCUT2D eigenvalue weighted by Gasteiger charge is -2.08. The number of aryl methyl sites for hydroxylation is 1. The zero-order chi connectivity index (χ0) is 15.1. The van der Waals surface area contributed by atoms with Gasteiger partial charge in [0.05, 0.1) is 0 Å². The molecule has 0 N–H and O–H groups in total. The Hall–Kier alpha value is -3.04. The molecule has 0 aliphatic rings. The van der Waals surface area contributed by atoms with Crippen molar-refractivity contribution in [3.63, 3.8) is 0 Å². The number of rotatable bonds is 4. The van der Waals surface area contributed by atoms with Crippen LogP contribution in [0.15, 0.2) is 54.1 Å². The lowest BCUT2D eigenvalue weighted by Crippen LogP contribution is -1.95. The molecular weight excluding hydrogens is 260 g/mol. The maximum atomic E-state index is 8.78. The molecule has 0 saturated carbocycles. The first-order chi connectivity index (χ1) is 10.2. The first-order valence-electron chi connectivity index (χ1n) is 6.52. The molecule has 0 fully saturated rings. The van der Waals surface area contributed by atoms with Crippen LogP contribution in [0.2, 0.25) is 0 Å². The van der Waals surface area contributed by atoms with E-state index < -0.39 is 0 Å². The van der Waals surface area contributed by atoms with Crippen molar-refractivity contribution in [2.45, 2.75) is 13.5 Å². The second-order valence-corrected chi connectivity index (χ2v) is 4.57. The Morgan fingerprint density at radius 3 is 2.43 bits per heavy atom. The van der Waals surface area contributed by atoms with E-state index in [1.165, 1.54) is 0 Å². The highest BCUT2D eigenvalue weighted by molar-refractivity contribution is 5.64. The normalized spacial score (nSPS) is 9.29. The monoisotopic (exact) mass is 274 g/mol. The Kier molecular flexibility index (Phi) is 4.75. The average molecular weight is 274 g/mol. The van der Waals surface area contributed by atoms with Gasteiger partial charge in [-0.15, -0.1) is 0 Å². The van der Waals surface area contributed by atoms with Gasteiger partial charge in [0.15, 0.2) is 0 Å². The van der Waals surface area contributed by atoms with Crippen molar-refractivity contribution in [3.05, 3.63) is 70.8 Å². The Morgan fingerprint density at radius 2 is 1.81 bits per heavy atom. The third kappa shape index (κ3) is 3.96. The molecule has 0 heterocycles. The number of benzene rings is 2. The van der Waals surface area contributed by atoms with Gasteiger partial charge in [0.25, 0.3) is 0 Å². The summed E-state index contributed by atoms with van der Waals surface area (Å²) >= 11 is 0. The Bertz CT molecular complexity index is 718. The third-order valence-electron chi connectivity index (χ3n) is 3.03. The van der Waals surface area contributed by atoms with Crippen LogP contribution < -0.4 is 4.74 Å². The van der Waals surface area contributed by atoms with E-state index in [2.05, 4.69) is 0 Å². The number of ether oxygens (including phenoxy) is 1. The lowest BCUT2D eigenvalue weighted by molar-refractivity contribution is 0.306. The zero-order valence-corrected chi connectivity index (χ0v) is 11.7. The molecule has 3 nitrogen and oxygen atoms in total. The number of hydrogen-bond acceptors (Lipinski definition) is 3. The fourth-order valence-electron chi connectivity index (χ4n) is 1.89. The van der Waals surface area contributed by atoms with Crippen LogP contribution >= 0.6 is 0 Å². The molecule has 2 rings (SSSR count). The minimum atomic E-state index is 0.0936. The molecule has 0 saturated heterocycles. The third-order valence-corrected chi connectivity index (χ3v) is 3.03. The van der Waals surface area contributed by atoms with E-state index in [-0.39, 0.29) is 5.57 Å². The maximum Gasteiger partial charge on any atom is 0.130 e. The molecule has 0 radical (unpaired) electrons. The van der Waals surface area contributed by atoms with Gasteiger partial charge in [0, 0.05) is 0 Å². The van der Waals surface area contributed by atoms with Crippen molar-refractivity contribution in [1.82, 2.24) is 0 Å². The van der Waals surface area contributed by atoms with E-state index in [1.807, 2.05) is 67.6 Å². The first kappa shape index (κ1) is 14.4. The van der Waals surface area contributed by atoms with E-state index in [1.54, 1.807) is 6.08 Å². The molecule has 0 aliphatic heterocycles. The van der Waals surface area contributed by atoms with Gasteiger partial charge >= 0.3 is 0 Å². The number of nitriles is 2. The van der Waals surface area contributed by atoms with Gasteiger partial charge in [0.2, 0.25) is 0 Å². The molecule has 21 heavy (non-hydrogen) atoms. The summed E-state index contributed by atoms with van der Waals surface area (Å²) in [5, 5.41) is 17.6. The summed E-state index contributed by atoms with van der Waals surface area (Å²) in [6.45, 7) is 2.44. The molecule has 0 unspecified atom stereocenters. The molecular formula is C18H14N2O. The molecule has 0 aromatic heterocycles. The molecule has 0 spiro atoms. The van der Waals surface area contributed by atoms with Crippen LogP contribution in [0.3, 0.4) is 0 Å². The lowest BCUT2D eigenvalue weighted by atomic mass is 10.1.